The summed E-state index contributed by atoms with van der Waals surface area (Å²) in [7, 11) is 0. The number of pyridine rings is 1. The van der Waals surface area contributed by atoms with Crippen molar-refractivity contribution in [2.75, 3.05) is 0 Å². The summed E-state index contributed by atoms with van der Waals surface area (Å²) in [6, 6.07) is 70.6. The Balaban J connectivity index is 1.14. The van der Waals surface area contributed by atoms with Gasteiger partial charge >= 0.3 is 0 Å². The Hall–Kier alpha value is -10.9. The Bertz CT molecular complexity index is 5510. The largest absolute Gasteiger partial charge is 0.455 e. The lowest BCUT2D eigenvalue weighted by Gasteiger charge is -2.26. The minimum absolute atomic E-state index is 0.265. The molecular weight excluding hydrogens is 937 g/mol. The van der Waals surface area contributed by atoms with E-state index in [-0.39, 0.29) is 11.3 Å². The summed E-state index contributed by atoms with van der Waals surface area (Å²) >= 11 is 0. The van der Waals surface area contributed by atoms with Crippen molar-refractivity contribution in [2.45, 2.75) is 0 Å². The summed E-state index contributed by atoms with van der Waals surface area (Å²) in [4.78, 5) is 9.85. The topological polar surface area (TPSA) is 95.2 Å². The molecule has 0 fully saturated rings. The molecule has 0 aliphatic rings. The summed E-state index contributed by atoms with van der Waals surface area (Å²) in [5.74, 6) is 0. The number of hydrogen-bond donors (Lipinski definition) is 0. The van der Waals surface area contributed by atoms with Gasteiger partial charge in [0.1, 0.15) is 39.6 Å². The molecule has 0 amide bonds. The fourth-order valence-corrected chi connectivity index (χ4v) is 12.7. The Morgan fingerprint density at radius 1 is 0.382 bits per heavy atom. The van der Waals surface area contributed by atoms with Crippen LogP contribution in [0.5, 0.6) is 0 Å². The quantitative estimate of drug-likeness (QED) is 0.164. The molecule has 9 nitrogen and oxygen atoms in total. The zero-order valence-corrected chi connectivity index (χ0v) is 40.0. The van der Waals surface area contributed by atoms with Gasteiger partial charge in [-0.25, -0.2) is 4.85 Å². The van der Waals surface area contributed by atoms with Crippen molar-refractivity contribution >= 4 is 137 Å². The number of fused-ring (bicyclic) bond motifs is 21. The highest BCUT2D eigenvalue weighted by Crippen LogP contribution is 2.54. The van der Waals surface area contributed by atoms with Crippen LogP contribution in [0.25, 0.3) is 164 Å². The fraction of sp³-hybridized carbons (Fsp3) is 0. The number of rotatable bonds is 4. The summed E-state index contributed by atoms with van der Waals surface area (Å²) in [5, 5.41) is 23.8. The molecule has 0 atom stereocenters. The maximum absolute atomic E-state index is 12.3. The number of benzene rings is 10. The third-order valence-electron chi connectivity index (χ3n) is 15.8. The number of nitrogens with zero attached hydrogens (tertiary/aromatic N) is 6. The molecule has 0 aliphatic heterocycles. The van der Waals surface area contributed by atoms with Gasteiger partial charge in [0.15, 0.2) is 0 Å². The van der Waals surface area contributed by atoms with Crippen LogP contribution < -0.4 is 0 Å². The zero-order valence-electron chi connectivity index (χ0n) is 40.0. The van der Waals surface area contributed by atoms with E-state index in [0.717, 1.165) is 131 Å². The van der Waals surface area contributed by atoms with Crippen molar-refractivity contribution in [3.63, 3.8) is 0 Å². The van der Waals surface area contributed by atoms with Crippen LogP contribution in [-0.2, 0) is 0 Å². The molecule has 10 aromatic carbocycles. The zero-order chi connectivity index (χ0) is 49.9. The monoisotopic (exact) mass is 970 g/mol. The average molecular weight is 971 g/mol. The lowest BCUT2D eigenvalue weighted by molar-refractivity contribution is 0.672. The molecule has 350 valence electrons. The lowest BCUT2D eigenvalue weighted by Crippen LogP contribution is -2.12. The third-order valence-corrected chi connectivity index (χ3v) is 15.8. The molecule has 9 heteroatoms. The lowest BCUT2D eigenvalue weighted by atomic mass is 9.95. The van der Waals surface area contributed by atoms with Crippen LogP contribution in [0.2, 0.25) is 0 Å². The van der Waals surface area contributed by atoms with E-state index in [1.807, 2.05) is 97.1 Å². The van der Waals surface area contributed by atoms with Crippen LogP contribution in [0.1, 0.15) is 5.56 Å². The first-order valence-electron chi connectivity index (χ1n) is 25.1. The van der Waals surface area contributed by atoms with Gasteiger partial charge in [-0.05, 0) is 84.9 Å². The van der Waals surface area contributed by atoms with Crippen LogP contribution in [0.15, 0.2) is 220 Å². The van der Waals surface area contributed by atoms with Crippen LogP contribution in [0.3, 0.4) is 0 Å². The molecule has 7 heterocycles. The van der Waals surface area contributed by atoms with E-state index in [1.165, 1.54) is 0 Å². The van der Waals surface area contributed by atoms with Gasteiger partial charge in [-0.2, -0.15) is 5.26 Å². The van der Waals surface area contributed by atoms with Crippen molar-refractivity contribution in [2.24, 2.45) is 0 Å². The predicted molar refractivity (Wildman–Crippen MR) is 306 cm³/mol. The standard InChI is InChI=1S/C67H34N6O3/c1-69-61-62(71-48-23-8-2-19-43(48)58-51(71)32-29-40-37-16-5-11-26-54(37)74-65(40)58)46(36-68)57(47-22-14-15-35-70-47)63(72-49-24-9-3-20-44(49)59-52(72)33-30-41-38-17-6-12-27-55(38)75-66(41)59)64(61)73-50-25-10-4-21-45(50)60-53(73)34-31-42-39-18-7-13-28-56(39)76-67(42)60/h2-35H. The number of aromatic nitrogens is 4. The average Bonchev–Trinajstić information content (AvgIpc) is 4.45. The van der Waals surface area contributed by atoms with Gasteiger partial charge in [0.25, 0.3) is 0 Å². The molecule has 17 rings (SSSR count). The fourth-order valence-electron chi connectivity index (χ4n) is 12.7. The van der Waals surface area contributed by atoms with E-state index in [4.69, 9.17) is 23.1 Å². The summed E-state index contributed by atoms with van der Waals surface area (Å²) in [5.41, 5.74) is 12.8. The van der Waals surface area contributed by atoms with Gasteiger partial charge in [-0.3, -0.25) is 4.98 Å². The minimum Gasteiger partial charge on any atom is -0.455 e. The molecule has 0 radical (unpaired) electrons. The van der Waals surface area contributed by atoms with Crippen molar-refractivity contribution in [1.29, 1.82) is 5.26 Å². The van der Waals surface area contributed by atoms with E-state index >= 15 is 0 Å². The SMILES string of the molecule is [C-]#[N+]c1c(-n2c3ccccc3c3c4oc5ccccc5c4ccc32)c(C#N)c(-c2ccccn2)c(-n2c3ccccc3c3c4oc5ccccc5c4ccc32)c1-n1c2ccccc2c2c3oc4ccccc4c3ccc21. The molecule has 17 aromatic rings. The Kier molecular flexibility index (Phi) is 7.96. The van der Waals surface area contributed by atoms with Gasteiger partial charge < -0.3 is 27.0 Å². The van der Waals surface area contributed by atoms with Crippen LogP contribution in [0, 0.1) is 17.9 Å². The normalized spacial score (nSPS) is 12.2. The maximum Gasteiger partial charge on any atom is 0.237 e. The second kappa shape index (κ2) is 14.9. The van der Waals surface area contributed by atoms with Crippen molar-refractivity contribution < 1.29 is 13.3 Å². The summed E-state index contributed by atoms with van der Waals surface area (Å²) < 4.78 is 27.1. The number of hydrogen-bond acceptors (Lipinski definition) is 5. The molecule has 0 N–H and O–H groups in total. The minimum atomic E-state index is 0.265. The highest BCUT2D eigenvalue weighted by molar-refractivity contribution is 6.28. The van der Waals surface area contributed by atoms with Crippen LogP contribution >= 0.6 is 0 Å². The molecule has 0 spiro atoms. The molecule has 0 saturated carbocycles. The van der Waals surface area contributed by atoms with Crippen LogP contribution in [0.4, 0.5) is 5.69 Å². The highest BCUT2D eigenvalue weighted by atomic mass is 16.3. The van der Waals surface area contributed by atoms with Gasteiger partial charge in [0.2, 0.25) is 5.69 Å². The van der Waals surface area contributed by atoms with Gasteiger partial charge in [-0.1, -0.05) is 115 Å². The van der Waals surface area contributed by atoms with Crippen LogP contribution in [-0.4, -0.2) is 18.7 Å². The molecule has 0 saturated heterocycles. The first kappa shape index (κ1) is 40.7. The van der Waals surface area contributed by atoms with E-state index in [0.29, 0.717) is 28.3 Å². The number of furan rings is 3. The van der Waals surface area contributed by atoms with E-state index in [1.54, 1.807) is 6.20 Å². The molecule has 0 bridgehead atoms. The maximum atomic E-state index is 12.3. The first-order valence-corrected chi connectivity index (χ1v) is 25.1. The van der Waals surface area contributed by atoms with Gasteiger partial charge in [0.05, 0.1) is 84.2 Å². The molecule has 0 aliphatic carbocycles. The number of nitriles is 1. The summed E-state index contributed by atoms with van der Waals surface area (Å²) in [6.07, 6.45) is 1.77. The Morgan fingerprint density at radius 2 is 0.763 bits per heavy atom. The van der Waals surface area contributed by atoms with Gasteiger partial charge in [-0.15, -0.1) is 0 Å². The molecule has 0 unspecified atom stereocenters. The highest BCUT2D eigenvalue weighted by Gasteiger charge is 2.35. The molecular formula is C67H34N6O3. The second-order valence-electron chi connectivity index (χ2n) is 19.4. The Morgan fingerprint density at radius 3 is 1.17 bits per heavy atom. The predicted octanol–water partition coefficient (Wildman–Crippen LogP) is 18.2. The van der Waals surface area contributed by atoms with Crippen molar-refractivity contribution in [3.05, 3.63) is 223 Å². The van der Waals surface area contributed by atoms with E-state index in [9.17, 15) is 11.8 Å². The summed E-state index contributed by atoms with van der Waals surface area (Å²) in [6.45, 7) is 9.75. The first-order chi connectivity index (χ1) is 37.7. The Labute approximate surface area is 429 Å². The molecule has 7 aromatic heterocycles. The van der Waals surface area contributed by atoms with Crippen molar-refractivity contribution in [3.8, 4) is 34.4 Å². The van der Waals surface area contributed by atoms with Crippen molar-refractivity contribution in [1.82, 2.24) is 18.7 Å². The second-order valence-corrected chi connectivity index (χ2v) is 19.4. The number of para-hydroxylation sites is 6. The molecule has 76 heavy (non-hydrogen) atoms. The smallest absolute Gasteiger partial charge is 0.237 e. The van der Waals surface area contributed by atoms with Gasteiger partial charge in [0, 0.05) is 60.2 Å². The van der Waals surface area contributed by atoms with E-state index < -0.39 is 0 Å². The van der Waals surface area contributed by atoms with E-state index in [2.05, 4.69) is 123 Å². The third kappa shape index (κ3) is 5.12.